The van der Waals surface area contributed by atoms with Crippen molar-refractivity contribution in [2.75, 3.05) is 6.54 Å². The molecule has 2 aromatic carbocycles. The Morgan fingerprint density at radius 2 is 1.46 bits per heavy atom. The van der Waals surface area contributed by atoms with Gasteiger partial charge in [0.15, 0.2) is 0 Å². The minimum absolute atomic E-state index is 0.103. The summed E-state index contributed by atoms with van der Waals surface area (Å²) >= 11 is 0. The summed E-state index contributed by atoms with van der Waals surface area (Å²) in [5.74, 6) is 3.19. The van der Waals surface area contributed by atoms with Gasteiger partial charge in [0, 0.05) is 12.0 Å². The van der Waals surface area contributed by atoms with Gasteiger partial charge in [0.2, 0.25) is 0 Å². The molecule has 4 fully saturated rings. The molecule has 9 atom stereocenters. The molecule has 6 rings (SSSR count). The van der Waals surface area contributed by atoms with Gasteiger partial charge in [-0.3, -0.25) is 0 Å². The van der Waals surface area contributed by atoms with Gasteiger partial charge >= 0.3 is 0 Å². The molecule has 4 saturated carbocycles. The number of aliphatic hydroxyl groups is 2. The number of hydrogen-bond acceptors (Lipinski definition) is 3. The molecule has 0 amide bonds. The van der Waals surface area contributed by atoms with Crippen molar-refractivity contribution in [3.8, 4) is 0 Å². The van der Waals surface area contributed by atoms with Gasteiger partial charge in [-0.2, -0.15) is 0 Å². The second-order valence-electron chi connectivity index (χ2n) is 13.5. The van der Waals surface area contributed by atoms with Crippen LogP contribution < -0.4 is 5.32 Å². The van der Waals surface area contributed by atoms with E-state index in [9.17, 15) is 10.2 Å². The van der Waals surface area contributed by atoms with E-state index in [0.717, 1.165) is 44.1 Å². The molecule has 0 saturated heterocycles. The van der Waals surface area contributed by atoms with Crippen molar-refractivity contribution < 1.29 is 10.2 Å². The largest absolute Gasteiger partial charge is 0.393 e. The first-order chi connectivity index (χ1) is 17.9. The maximum atomic E-state index is 11.2. The Hall–Kier alpha value is -1.68. The third kappa shape index (κ3) is 4.49. The van der Waals surface area contributed by atoms with E-state index in [0.29, 0.717) is 23.2 Å². The molecule has 3 heteroatoms. The van der Waals surface area contributed by atoms with Crippen LogP contribution in [0.25, 0.3) is 0 Å². The highest BCUT2D eigenvalue weighted by Gasteiger charge is 2.60. The molecule has 0 radical (unpaired) electrons. The van der Waals surface area contributed by atoms with Crippen molar-refractivity contribution in [2.24, 2.45) is 34.5 Å². The predicted molar refractivity (Wildman–Crippen MR) is 150 cm³/mol. The summed E-state index contributed by atoms with van der Waals surface area (Å²) in [4.78, 5) is 0. The normalized spacial score (nSPS) is 41.2. The summed E-state index contributed by atoms with van der Waals surface area (Å²) in [6.07, 6.45) is 9.93. The SMILES string of the molecule is C[C@]12C[C@H](NCCC(c3ccccc3)c3ccccc3)[C@@H](O)CC1CCC1C2CC[C@@]2(C)C1CC[C@@H]2O. The summed E-state index contributed by atoms with van der Waals surface area (Å²) in [6, 6.07) is 21.9. The lowest BCUT2D eigenvalue weighted by Gasteiger charge is -2.61. The molecule has 0 bridgehead atoms. The Balaban J connectivity index is 1.15. The van der Waals surface area contributed by atoms with Crippen molar-refractivity contribution in [3.05, 3.63) is 71.8 Å². The molecule has 3 N–H and O–H groups in total. The average molecular weight is 502 g/mol. The highest BCUT2D eigenvalue weighted by Crippen LogP contribution is 2.66. The molecule has 2 aromatic rings. The van der Waals surface area contributed by atoms with E-state index in [2.05, 4.69) is 79.8 Å². The fourth-order valence-electron chi connectivity index (χ4n) is 9.80. The number of benzene rings is 2. The quantitative estimate of drug-likeness (QED) is 0.421. The highest BCUT2D eigenvalue weighted by molar-refractivity contribution is 5.32. The van der Waals surface area contributed by atoms with Crippen LogP contribution in [0.15, 0.2) is 60.7 Å². The molecular weight excluding hydrogens is 454 g/mol. The van der Waals surface area contributed by atoms with Crippen LogP contribution in [0.5, 0.6) is 0 Å². The maximum absolute atomic E-state index is 11.2. The number of hydrogen-bond donors (Lipinski definition) is 3. The number of rotatable bonds is 6. The van der Waals surface area contributed by atoms with Crippen LogP contribution in [0.4, 0.5) is 0 Å². The van der Waals surface area contributed by atoms with Crippen LogP contribution in [0, 0.1) is 34.5 Å². The van der Waals surface area contributed by atoms with Crippen LogP contribution in [0.1, 0.15) is 88.7 Å². The van der Waals surface area contributed by atoms with Gasteiger partial charge in [0.1, 0.15) is 0 Å². The van der Waals surface area contributed by atoms with Crippen LogP contribution in [0.3, 0.4) is 0 Å². The zero-order valence-electron chi connectivity index (χ0n) is 22.9. The number of aliphatic hydroxyl groups excluding tert-OH is 2. The van der Waals surface area contributed by atoms with Gasteiger partial charge in [-0.1, -0.05) is 74.5 Å². The van der Waals surface area contributed by atoms with E-state index in [-0.39, 0.29) is 23.7 Å². The Morgan fingerprint density at radius 3 is 2.14 bits per heavy atom. The standard InChI is InChI=1S/C34H47NO2/c1-33-19-17-29-27(28(33)15-16-32(33)37)14-13-25-21-31(36)30(22-34(25,29)2)35-20-18-26(23-9-5-3-6-10-23)24-11-7-4-8-12-24/h3-12,25-32,35-37H,13-22H2,1-2H3/t25?,27?,28?,29?,30-,31-,32-,33-,34-/m0/s1. The monoisotopic (exact) mass is 501 g/mol. The molecular formula is C34H47NO2. The second-order valence-corrected chi connectivity index (χ2v) is 13.5. The lowest BCUT2D eigenvalue weighted by Crippen LogP contribution is -2.59. The Kier molecular flexibility index (Phi) is 7.01. The molecule has 0 aliphatic heterocycles. The molecule has 4 unspecified atom stereocenters. The fraction of sp³-hybridized carbons (Fsp3) is 0.647. The Bertz CT molecular complexity index is 1000. The van der Waals surface area contributed by atoms with Crippen LogP contribution in [0.2, 0.25) is 0 Å². The van der Waals surface area contributed by atoms with Crippen molar-refractivity contribution >= 4 is 0 Å². The molecule has 4 aliphatic rings. The fourth-order valence-corrected chi connectivity index (χ4v) is 9.80. The van der Waals surface area contributed by atoms with Crippen molar-refractivity contribution in [3.63, 3.8) is 0 Å². The van der Waals surface area contributed by atoms with E-state index >= 15 is 0 Å². The van der Waals surface area contributed by atoms with Crippen molar-refractivity contribution in [2.45, 2.75) is 95.8 Å². The maximum Gasteiger partial charge on any atom is 0.0696 e. The summed E-state index contributed by atoms with van der Waals surface area (Å²) in [5, 5.41) is 25.9. The third-order valence-electron chi connectivity index (χ3n) is 11.9. The van der Waals surface area contributed by atoms with Crippen LogP contribution >= 0.6 is 0 Å². The van der Waals surface area contributed by atoms with Crippen LogP contribution in [-0.2, 0) is 0 Å². The molecule has 200 valence electrons. The number of fused-ring (bicyclic) bond motifs is 5. The van der Waals surface area contributed by atoms with E-state index < -0.39 is 0 Å². The van der Waals surface area contributed by atoms with E-state index in [1.165, 1.54) is 43.2 Å². The minimum Gasteiger partial charge on any atom is -0.393 e. The molecule has 0 aromatic heterocycles. The first-order valence-electron chi connectivity index (χ1n) is 15.1. The second kappa shape index (κ2) is 10.1. The first-order valence-corrected chi connectivity index (χ1v) is 15.1. The summed E-state index contributed by atoms with van der Waals surface area (Å²) < 4.78 is 0. The summed E-state index contributed by atoms with van der Waals surface area (Å²) in [6.45, 7) is 5.86. The van der Waals surface area contributed by atoms with Gasteiger partial charge in [-0.05, 0) is 110 Å². The predicted octanol–water partition coefficient (Wildman–Crippen LogP) is 6.54. The number of nitrogens with one attached hydrogen (secondary N) is 1. The van der Waals surface area contributed by atoms with Crippen molar-refractivity contribution in [1.82, 2.24) is 5.32 Å². The summed E-state index contributed by atoms with van der Waals surface area (Å²) in [7, 11) is 0. The van der Waals surface area contributed by atoms with E-state index in [1.54, 1.807) is 0 Å². The lowest BCUT2D eigenvalue weighted by atomic mass is 9.44. The highest BCUT2D eigenvalue weighted by atomic mass is 16.3. The minimum atomic E-state index is -0.247. The van der Waals surface area contributed by atoms with Gasteiger partial charge in [-0.15, -0.1) is 0 Å². The topological polar surface area (TPSA) is 52.5 Å². The van der Waals surface area contributed by atoms with E-state index in [4.69, 9.17) is 0 Å². The smallest absolute Gasteiger partial charge is 0.0696 e. The molecule has 0 heterocycles. The van der Waals surface area contributed by atoms with Gasteiger partial charge in [0.05, 0.1) is 12.2 Å². The molecule has 4 aliphatic carbocycles. The molecule has 37 heavy (non-hydrogen) atoms. The Labute approximate surface area is 224 Å². The van der Waals surface area contributed by atoms with Gasteiger partial charge in [0.25, 0.3) is 0 Å². The van der Waals surface area contributed by atoms with E-state index in [1.807, 2.05) is 0 Å². The van der Waals surface area contributed by atoms with Crippen LogP contribution in [-0.4, -0.2) is 35.0 Å². The van der Waals surface area contributed by atoms with Gasteiger partial charge in [-0.25, -0.2) is 0 Å². The van der Waals surface area contributed by atoms with Gasteiger partial charge < -0.3 is 15.5 Å². The zero-order chi connectivity index (χ0) is 25.6. The molecule has 3 nitrogen and oxygen atoms in total. The first kappa shape index (κ1) is 25.6. The zero-order valence-corrected chi connectivity index (χ0v) is 22.9. The lowest BCUT2D eigenvalue weighted by molar-refractivity contribution is -0.140. The van der Waals surface area contributed by atoms with Crippen molar-refractivity contribution in [1.29, 1.82) is 0 Å². The Morgan fingerprint density at radius 1 is 0.811 bits per heavy atom. The average Bonchev–Trinajstić information content (AvgIpc) is 3.22. The third-order valence-corrected chi connectivity index (χ3v) is 11.9. The summed E-state index contributed by atoms with van der Waals surface area (Å²) in [5.41, 5.74) is 3.17. The molecule has 0 spiro atoms.